The number of aryl methyl sites for hydroxylation is 1. The summed E-state index contributed by atoms with van der Waals surface area (Å²) in [6, 6.07) is 0. The molecule has 0 unspecified atom stereocenters. The lowest BCUT2D eigenvalue weighted by Crippen LogP contribution is -2.17. The third kappa shape index (κ3) is 5.76. The van der Waals surface area contributed by atoms with Crippen LogP contribution in [0.5, 0.6) is 0 Å². The SMILES string of the molecule is Cc1nc(CC(C)(C)C)nc(CC(C)(C)C)n1. The van der Waals surface area contributed by atoms with Crippen molar-refractivity contribution in [3.05, 3.63) is 17.5 Å². The predicted octanol–water partition coefficient (Wildman–Crippen LogP) is 3.36. The Hall–Kier alpha value is -0.990. The van der Waals surface area contributed by atoms with E-state index in [9.17, 15) is 0 Å². The third-order valence-corrected chi connectivity index (χ3v) is 2.22. The van der Waals surface area contributed by atoms with Gasteiger partial charge in [0.2, 0.25) is 0 Å². The molecule has 1 heterocycles. The fourth-order valence-corrected chi connectivity index (χ4v) is 1.70. The molecule has 0 amide bonds. The molecule has 96 valence electrons. The van der Waals surface area contributed by atoms with Gasteiger partial charge in [0, 0.05) is 12.8 Å². The Morgan fingerprint density at radius 2 is 1.06 bits per heavy atom. The van der Waals surface area contributed by atoms with E-state index in [1.54, 1.807) is 0 Å². The molecule has 1 aromatic rings. The van der Waals surface area contributed by atoms with E-state index in [-0.39, 0.29) is 10.8 Å². The fourth-order valence-electron chi connectivity index (χ4n) is 1.70. The maximum absolute atomic E-state index is 4.58. The molecule has 0 aromatic carbocycles. The Bertz CT molecular complexity index is 349. The second-order valence-electron chi connectivity index (χ2n) is 7.19. The van der Waals surface area contributed by atoms with Crippen LogP contribution in [-0.2, 0) is 12.8 Å². The first-order valence-corrected chi connectivity index (χ1v) is 6.26. The van der Waals surface area contributed by atoms with Crippen molar-refractivity contribution in [3.8, 4) is 0 Å². The van der Waals surface area contributed by atoms with Crippen molar-refractivity contribution in [2.24, 2.45) is 10.8 Å². The molecule has 0 spiro atoms. The van der Waals surface area contributed by atoms with Gasteiger partial charge in [-0.3, -0.25) is 0 Å². The second kappa shape index (κ2) is 4.71. The molecule has 0 atom stereocenters. The van der Waals surface area contributed by atoms with Crippen molar-refractivity contribution in [2.75, 3.05) is 0 Å². The minimum Gasteiger partial charge on any atom is -0.218 e. The van der Waals surface area contributed by atoms with Crippen molar-refractivity contribution in [3.63, 3.8) is 0 Å². The van der Waals surface area contributed by atoms with Crippen LogP contribution in [0, 0.1) is 17.8 Å². The Morgan fingerprint density at radius 1 is 0.706 bits per heavy atom. The first-order chi connectivity index (χ1) is 7.55. The molecule has 0 N–H and O–H groups in total. The Labute approximate surface area is 105 Å². The maximum atomic E-state index is 4.58. The van der Waals surface area contributed by atoms with Crippen LogP contribution in [0.2, 0.25) is 0 Å². The average molecular weight is 235 g/mol. The topological polar surface area (TPSA) is 38.7 Å². The van der Waals surface area contributed by atoms with Crippen molar-refractivity contribution in [1.29, 1.82) is 0 Å². The van der Waals surface area contributed by atoms with Crippen molar-refractivity contribution < 1.29 is 0 Å². The molecule has 1 rings (SSSR count). The molecule has 0 radical (unpaired) electrons. The van der Waals surface area contributed by atoms with E-state index in [4.69, 9.17) is 0 Å². The average Bonchev–Trinajstić information content (AvgIpc) is 1.93. The molecule has 0 fully saturated rings. The van der Waals surface area contributed by atoms with Gasteiger partial charge in [0.15, 0.2) is 0 Å². The van der Waals surface area contributed by atoms with Gasteiger partial charge in [-0.05, 0) is 17.8 Å². The first-order valence-electron chi connectivity index (χ1n) is 6.26. The number of hydrogen-bond acceptors (Lipinski definition) is 3. The highest BCUT2D eigenvalue weighted by atomic mass is 15.0. The molecular weight excluding hydrogens is 210 g/mol. The van der Waals surface area contributed by atoms with Gasteiger partial charge >= 0.3 is 0 Å². The lowest BCUT2D eigenvalue weighted by Gasteiger charge is -2.19. The van der Waals surface area contributed by atoms with Crippen LogP contribution < -0.4 is 0 Å². The zero-order chi connectivity index (χ0) is 13.3. The normalized spacial score (nSPS) is 12.9. The summed E-state index contributed by atoms with van der Waals surface area (Å²) >= 11 is 0. The van der Waals surface area contributed by atoms with Crippen molar-refractivity contribution >= 4 is 0 Å². The minimum absolute atomic E-state index is 0.215. The second-order valence-corrected chi connectivity index (χ2v) is 7.19. The van der Waals surface area contributed by atoms with Crippen LogP contribution in [0.4, 0.5) is 0 Å². The van der Waals surface area contributed by atoms with Crippen LogP contribution in [-0.4, -0.2) is 15.0 Å². The van der Waals surface area contributed by atoms with Crippen molar-refractivity contribution in [2.45, 2.75) is 61.3 Å². The molecule has 0 aliphatic heterocycles. The van der Waals surface area contributed by atoms with Gasteiger partial charge in [0.1, 0.15) is 17.5 Å². The summed E-state index contributed by atoms with van der Waals surface area (Å²) in [5.74, 6) is 2.67. The molecule has 0 saturated heterocycles. The van der Waals surface area contributed by atoms with Gasteiger partial charge < -0.3 is 0 Å². The zero-order valence-corrected chi connectivity index (χ0v) is 12.3. The van der Waals surface area contributed by atoms with Crippen LogP contribution in [0.25, 0.3) is 0 Å². The van der Waals surface area contributed by atoms with Crippen LogP contribution in [0.15, 0.2) is 0 Å². The summed E-state index contributed by atoms with van der Waals surface area (Å²) in [7, 11) is 0. The molecule has 3 heteroatoms. The number of rotatable bonds is 2. The monoisotopic (exact) mass is 235 g/mol. The van der Waals surface area contributed by atoms with E-state index in [0.717, 1.165) is 30.3 Å². The van der Waals surface area contributed by atoms with Gasteiger partial charge in [-0.25, -0.2) is 15.0 Å². The van der Waals surface area contributed by atoms with Gasteiger partial charge in [-0.1, -0.05) is 41.5 Å². The van der Waals surface area contributed by atoms with Crippen molar-refractivity contribution in [1.82, 2.24) is 15.0 Å². The van der Waals surface area contributed by atoms with E-state index < -0.39 is 0 Å². The first kappa shape index (κ1) is 14.1. The summed E-state index contributed by atoms with van der Waals surface area (Å²) < 4.78 is 0. The van der Waals surface area contributed by atoms with Crippen LogP contribution in [0.3, 0.4) is 0 Å². The van der Waals surface area contributed by atoms with Crippen LogP contribution in [0.1, 0.15) is 59.0 Å². The van der Waals surface area contributed by atoms with Gasteiger partial charge in [0.05, 0.1) is 0 Å². The molecule has 0 aliphatic carbocycles. The fraction of sp³-hybridized carbons (Fsp3) is 0.786. The summed E-state index contributed by atoms with van der Waals surface area (Å²) in [6.45, 7) is 15.2. The number of hydrogen-bond donors (Lipinski definition) is 0. The Balaban J connectivity index is 2.95. The standard InChI is InChI=1S/C14H25N3/c1-10-15-11(8-13(2,3)4)17-12(16-10)9-14(5,6)7/h8-9H2,1-7H3. The van der Waals surface area contributed by atoms with E-state index in [1.807, 2.05) is 6.92 Å². The highest BCUT2D eigenvalue weighted by molar-refractivity contribution is 5.00. The van der Waals surface area contributed by atoms with E-state index in [1.165, 1.54) is 0 Å². The van der Waals surface area contributed by atoms with Gasteiger partial charge in [0.25, 0.3) is 0 Å². The lowest BCUT2D eigenvalue weighted by molar-refractivity contribution is 0.385. The summed E-state index contributed by atoms with van der Waals surface area (Å²) in [5, 5.41) is 0. The maximum Gasteiger partial charge on any atom is 0.133 e. The molecule has 0 bridgehead atoms. The Kier molecular flexibility index (Phi) is 3.90. The largest absolute Gasteiger partial charge is 0.218 e. The van der Waals surface area contributed by atoms with E-state index >= 15 is 0 Å². The minimum atomic E-state index is 0.215. The van der Waals surface area contributed by atoms with Crippen LogP contribution >= 0.6 is 0 Å². The molecule has 3 nitrogen and oxygen atoms in total. The molecule has 0 saturated carbocycles. The quantitative estimate of drug-likeness (QED) is 0.789. The molecule has 1 aromatic heterocycles. The zero-order valence-electron chi connectivity index (χ0n) is 12.3. The van der Waals surface area contributed by atoms with Gasteiger partial charge in [-0.15, -0.1) is 0 Å². The molecule has 0 aliphatic rings. The van der Waals surface area contributed by atoms with E-state index in [0.29, 0.717) is 0 Å². The lowest BCUT2D eigenvalue weighted by atomic mass is 9.91. The number of aromatic nitrogens is 3. The Morgan fingerprint density at radius 3 is 1.35 bits per heavy atom. The van der Waals surface area contributed by atoms with Gasteiger partial charge in [-0.2, -0.15) is 0 Å². The number of nitrogens with zero attached hydrogens (tertiary/aromatic N) is 3. The summed E-state index contributed by atoms with van der Waals surface area (Å²) in [4.78, 5) is 13.4. The highest BCUT2D eigenvalue weighted by Crippen LogP contribution is 2.21. The molecular formula is C14H25N3. The predicted molar refractivity (Wildman–Crippen MR) is 70.9 cm³/mol. The third-order valence-electron chi connectivity index (χ3n) is 2.22. The molecule has 17 heavy (non-hydrogen) atoms. The smallest absolute Gasteiger partial charge is 0.133 e. The summed E-state index contributed by atoms with van der Waals surface area (Å²) in [6.07, 6.45) is 1.79. The van der Waals surface area contributed by atoms with E-state index in [2.05, 4.69) is 56.5 Å². The summed E-state index contributed by atoms with van der Waals surface area (Å²) in [5.41, 5.74) is 0.430. The highest BCUT2D eigenvalue weighted by Gasteiger charge is 2.17.